The number of rotatable bonds is 3. The van der Waals surface area contributed by atoms with Crippen LogP contribution in [0.3, 0.4) is 0 Å². The van der Waals surface area contributed by atoms with Crippen molar-refractivity contribution in [1.29, 1.82) is 5.26 Å². The highest BCUT2D eigenvalue weighted by atomic mass is 32.2. The van der Waals surface area contributed by atoms with E-state index in [-0.39, 0.29) is 0 Å². The Labute approximate surface area is 96.6 Å². The Morgan fingerprint density at radius 2 is 2.33 bits per heavy atom. The largest absolute Gasteiger partial charge is 0.249 e. The summed E-state index contributed by atoms with van der Waals surface area (Å²) in [5.74, 6) is 0.878. The van der Waals surface area contributed by atoms with Crippen LogP contribution in [0.1, 0.15) is 10.4 Å². The molecule has 0 saturated carbocycles. The van der Waals surface area contributed by atoms with Crippen LogP contribution in [-0.4, -0.2) is 4.98 Å². The molecule has 2 nitrogen and oxygen atoms in total. The van der Waals surface area contributed by atoms with Gasteiger partial charge in [-0.2, -0.15) is 5.26 Å². The molecule has 2 aromatic heterocycles. The zero-order chi connectivity index (χ0) is 10.5. The third-order valence-electron chi connectivity index (χ3n) is 1.82. The monoisotopic (exact) mass is 232 g/mol. The zero-order valence-electron chi connectivity index (χ0n) is 7.88. The van der Waals surface area contributed by atoms with Gasteiger partial charge in [-0.25, -0.2) is 4.98 Å². The summed E-state index contributed by atoms with van der Waals surface area (Å²) in [6.45, 7) is 0. The molecule has 0 radical (unpaired) electrons. The van der Waals surface area contributed by atoms with Crippen molar-refractivity contribution in [1.82, 2.24) is 4.98 Å². The van der Waals surface area contributed by atoms with Gasteiger partial charge >= 0.3 is 0 Å². The molecule has 2 aromatic rings. The van der Waals surface area contributed by atoms with Crippen molar-refractivity contribution in [2.45, 2.75) is 10.8 Å². The normalized spacial score (nSPS) is 9.80. The third-order valence-corrected chi connectivity index (χ3v) is 3.94. The Kier molecular flexibility index (Phi) is 3.38. The molecule has 0 saturated heterocycles. The number of thioether (sulfide) groups is 1. The number of pyridine rings is 1. The van der Waals surface area contributed by atoms with Crippen molar-refractivity contribution >= 4 is 23.1 Å². The number of aromatic nitrogens is 1. The minimum atomic E-state index is 0.652. The third kappa shape index (κ3) is 2.58. The molecule has 0 fully saturated rings. The Morgan fingerprint density at radius 3 is 3.07 bits per heavy atom. The van der Waals surface area contributed by atoms with Crippen LogP contribution in [0.2, 0.25) is 0 Å². The second-order valence-corrected chi connectivity index (χ2v) is 4.83. The van der Waals surface area contributed by atoms with Gasteiger partial charge in [-0.05, 0) is 23.6 Å². The van der Waals surface area contributed by atoms with E-state index in [9.17, 15) is 0 Å². The summed E-state index contributed by atoms with van der Waals surface area (Å²) >= 11 is 3.33. The summed E-state index contributed by atoms with van der Waals surface area (Å²) in [7, 11) is 0. The van der Waals surface area contributed by atoms with Crippen molar-refractivity contribution in [2.24, 2.45) is 0 Å². The summed E-state index contributed by atoms with van der Waals surface area (Å²) in [5, 5.41) is 11.7. The molecule has 0 aliphatic heterocycles. The molecule has 2 heterocycles. The number of hydrogen-bond donors (Lipinski definition) is 0. The van der Waals surface area contributed by atoms with E-state index in [4.69, 9.17) is 5.26 Å². The summed E-state index contributed by atoms with van der Waals surface area (Å²) in [6.07, 6.45) is 1.72. The molecule has 4 heteroatoms. The van der Waals surface area contributed by atoms with Crippen LogP contribution in [0.5, 0.6) is 0 Å². The van der Waals surface area contributed by atoms with E-state index in [0.717, 1.165) is 10.8 Å². The molecule has 0 aliphatic carbocycles. The number of thiophene rings is 1. The Bertz CT molecular complexity index is 472. The number of nitrogens with zero attached hydrogens (tertiary/aromatic N) is 2. The molecule has 2 rings (SSSR count). The summed E-state index contributed by atoms with van der Waals surface area (Å²) in [5.41, 5.74) is 0.652. The van der Waals surface area contributed by atoms with Crippen molar-refractivity contribution in [3.05, 3.63) is 46.3 Å². The van der Waals surface area contributed by atoms with Crippen LogP contribution in [-0.2, 0) is 5.75 Å². The second-order valence-electron chi connectivity index (χ2n) is 2.84. The number of hydrogen-bond acceptors (Lipinski definition) is 4. The van der Waals surface area contributed by atoms with Gasteiger partial charge in [0.05, 0.1) is 5.56 Å². The minimum Gasteiger partial charge on any atom is -0.249 e. The fraction of sp³-hybridized carbons (Fsp3) is 0.0909. The first kappa shape index (κ1) is 10.2. The van der Waals surface area contributed by atoms with Crippen LogP contribution < -0.4 is 0 Å². The van der Waals surface area contributed by atoms with Gasteiger partial charge in [0.25, 0.3) is 0 Å². The van der Waals surface area contributed by atoms with Crippen LogP contribution in [0, 0.1) is 11.3 Å². The molecule has 0 bridgehead atoms. The van der Waals surface area contributed by atoms with Gasteiger partial charge in [-0.15, -0.1) is 11.3 Å². The maximum atomic E-state index is 8.87. The average molecular weight is 232 g/mol. The molecular formula is C11H8N2S2. The van der Waals surface area contributed by atoms with E-state index in [1.54, 1.807) is 41.4 Å². The van der Waals surface area contributed by atoms with E-state index in [1.165, 1.54) is 4.88 Å². The second kappa shape index (κ2) is 4.96. The van der Waals surface area contributed by atoms with Gasteiger partial charge in [-0.1, -0.05) is 17.8 Å². The van der Waals surface area contributed by atoms with E-state index < -0.39 is 0 Å². The van der Waals surface area contributed by atoms with E-state index >= 15 is 0 Å². The van der Waals surface area contributed by atoms with Crippen LogP contribution >= 0.6 is 23.1 Å². The van der Waals surface area contributed by atoms with Crippen LogP contribution in [0.15, 0.2) is 40.9 Å². The maximum absolute atomic E-state index is 8.87. The summed E-state index contributed by atoms with van der Waals surface area (Å²) < 4.78 is 0. The van der Waals surface area contributed by atoms with E-state index in [0.29, 0.717) is 5.56 Å². The lowest BCUT2D eigenvalue weighted by molar-refractivity contribution is 1.11. The highest BCUT2D eigenvalue weighted by Gasteiger charge is 2.03. The van der Waals surface area contributed by atoms with E-state index in [1.807, 2.05) is 6.07 Å². The van der Waals surface area contributed by atoms with Gasteiger partial charge < -0.3 is 0 Å². The Morgan fingerprint density at radius 1 is 1.40 bits per heavy atom. The van der Waals surface area contributed by atoms with Gasteiger partial charge in [0.1, 0.15) is 11.1 Å². The topological polar surface area (TPSA) is 36.7 Å². The first-order valence-corrected chi connectivity index (χ1v) is 6.27. The molecule has 74 valence electrons. The number of nitriles is 1. The first-order chi connectivity index (χ1) is 7.40. The Balaban J connectivity index is 2.08. The molecule has 0 spiro atoms. The molecule has 0 amide bonds. The van der Waals surface area contributed by atoms with Crippen LogP contribution in [0.4, 0.5) is 0 Å². The van der Waals surface area contributed by atoms with Gasteiger partial charge in [-0.3, -0.25) is 0 Å². The molecule has 0 atom stereocenters. The van der Waals surface area contributed by atoms with Gasteiger partial charge in [0, 0.05) is 16.8 Å². The average Bonchev–Trinajstić information content (AvgIpc) is 2.79. The highest BCUT2D eigenvalue weighted by molar-refractivity contribution is 7.98. The lowest BCUT2D eigenvalue weighted by atomic mass is 10.3. The molecular weight excluding hydrogens is 224 g/mol. The van der Waals surface area contributed by atoms with Crippen LogP contribution in [0.25, 0.3) is 0 Å². The van der Waals surface area contributed by atoms with E-state index in [2.05, 4.69) is 22.5 Å². The van der Waals surface area contributed by atoms with Crippen molar-refractivity contribution in [3.8, 4) is 6.07 Å². The standard InChI is InChI=1S/C11H8N2S2/c12-7-9-3-1-5-13-11(9)15-8-10-4-2-6-14-10/h1-6H,8H2. The summed E-state index contributed by atoms with van der Waals surface area (Å²) in [4.78, 5) is 5.49. The maximum Gasteiger partial charge on any atom is 0.114 e. The van der Waals surface area contributed by atoms with Crippen molar-refractivity contribution in [3.63, 3.8) is 0 Å². The molecule has 0 aliphatic rings. The smallest absolute Gasteiger partial charge is 0.114 e. The highest BCUT2D eigenvalue weighted by Crippen LogP contribution is 2.25. The minimum absolute atomic E-state index is 0.652. The lowest BCUT2D eigenvalue weighted by Crippen LogP contribution is -1.85. The molecule has 0 N–H and O–H groups in total. The fourth-order valence-corrected chi connectivity index (χ4v) is 2.84. The predicted octanol–water partition coefficient (Wildman–Crippen LogP) is 3.31. The zero-order valence-corrected chi connectivity index (χ0v) is 9.52. The van der Waals surface area contributed by atoms with Crippen molar-refractivity contribution in [2.75, 3.05) is 0 Å². The summed E-state index contributed by atoms with van der Waals surface area (Å²) in [6, 6.07) is 9.85. The van der Waals surface area contributed by atoms with Gasteiger partial charge in [0.15, 0.2) is 0 Å². The first-order valence-electron chi connectivity index (χ1n) is 4.40. The molecule has 15 heavy (non-hydrogen) atoms. The lowest BCUT2D eigenvalue weighted by Gasteiger charge is -2.00. The SMILES string of the molecule is N#Cc1cccnc1SCc1cccs1. The quantitative estimate of drug-likeness (QED) is 0.762. The van der Waals surface area contributed by atoms with Crippen molar-refractivity contribution < 1.29 is 0 Å². The Hall–Kier alpha value is -1.31. The molecule has 0 aromatic carbocycles. The predicted molar refractivity (Wildman–Crippen MR) is 62.8 cm³/mol. The fourth-order valence-electron chi connectivity index (χ4n) is 1.13. The van der Waals surface area contributed by atoms with Gasteiger partial charge in [0.2, 0.25) is 0 Å². The molecule has 0 unspecified atom stereocenters.